The Bertz CT molecular complexity index is 765. The van der Waals surface area contributed by atoms with Crippen LogP contribution >= 0.6 is 11.3 Å². The smallest absolute Gasteiger partial charge is 0.305 e. The number of nitrogens with one attached hydrogen (secondary N) is 2. The van der Waals surface area contributed by atoms with E-state index in [-0.39, 0.29) is 31.0 Å². The first-order valence-electron chi connectivity index (χ1n) is 8.50. The Morgan fingerprint density at radius 2 is 2.19 bits per heavy atom. The van der Waals surface area contributed by atoms with Crippen LogP contribution in [0.2, 0.25) is 0 Å². The molecule has 0 radical (unpaired) electrons. The number of carbonyl (C=O) groups excluding carboxylic acids is 1. The number of thiophene rings is 1. The molecular weight excluding hydrogens is 352 g/mol. The van der Waals surface area contributed by atoms with Crippen LogP contribution in [0.1, 0.15) is 34.2 Å². The molecule has 8 heteroatoms. The van der Waals surface area contributed by atoms with Gasteiger partial charge in [-0.1, -0.05) is 6.07 Å². The lowest BCUT2D eigenvalue weighted by Gasteiger charge is -2.25. The van der Waals surface area contributed by atoms with E-state index in [0.29, 0.717) is 13.0 Å². The van der Waals surface area contributed by atoms with Gasteiger partial charge in [-0.25, -0.2) is 10.9 Å². The summed E-state index contributed by atoms with van der Waals surface area (Å²) in [5.41, 5.74) is 7.13. The summed E-state index contributed by atoms with van der Waals surface area (Å²) in [6.07, 6.45) is 3.91. The molecule has 1 aliphatic heterocycles. The zero-order valence-corrected chi connectivity index (χ0v) is 15.3. The number of carbonyl (C=O) groups is 2. The molecule has 1 saturated heterocycles. The van der Waals surface area contributed by atoms with Gasteiger partial charge < -0.3 is 10.0 Å². The number of carboxylic acid groups (broad SMARTS) is 1. The number of hydrogen-bond acceptors (Lipinski definition) is 6. The van der Waals surface area contributed by atoms with Crippen LogP contribution in [0.25, 0.3) is 0 Å². The summed E-state index contributed by atoms with van der Waals surface area (Å²) in [7, 11) is 0. The third-order valence-electron chi connectivity index (χ3n) is 4.31. The minimum absolute atomic E-state index is 0.0836. The van der Waals surface area contributed by atoms with Crippen LogP contribution in [0.3, 0.4) is 0 Å². The average molecular weight is 374 g/mol. The summed E-state index contributed by atoms with van der Waals surface area (Å²) >= 11 is 1.71. The topological polar surface area (TPSA) is 94.6 Å². The number of aryl methyl sites for hydroxylation is 1. The molecule has 138 valence electrons. The van der Waals surface area contributed by atoms with E-state index in [1.807, 2.05) is 6.07 Å². The lowest BCUT2D eigenvalue weighted by molar-refractivity contribution is -0.139. The van der Waals surface area contributed by atoms with E-state index in [0.717, 1.165) is 5.56 Å². The molecule has 2 aromatic rings. The maximum Gasteiger partial charge on any atom is 0.305 e. The van der Waals surface area contributed by atoms with Crippen molar-refractivity contribution in [1.82, 2.24) is 20.7 Å². The Balaban J connectivity index is 1.67. The van der Waals surface area contributed by atoms with Crippen molar-refractivity contribution in [2.75, 3.05) is 6.54 Å². The highest BCUT2D eigenvalue weighted by atomic mass is 32.1. The molecule has 3 N–H and O–H groups in total. The van der Waals surface area contributed by atoms with E-state index in [2.05, 4.69) is 34.9 Å². The predicted molar refractivity (Wildman–Crippen MR) is 98.4 cm³/mol. The summed E-state index contributed by atoms with van der Waals surface area (Å²) in [6.45, 7) is 2.58. The van der Waals surface area contributed by atoms with Gasteiger partial charge in [-0.05, 0) is 37.1 Å². The second kappa shape index (κ2) is 8.39. The van der Waals surface area contributed by atoms with Gasteiger partial charge in [-0.2, -0.15) is 0 Å². The lowest BCUT2D eigenvalue weighted by Crippen LogP contribution is -2.46. The first-order valence-corrected chi connectivity index (χ1v) is 9.31. The molecule has 2 aromatic heterocycles. The SMILES string of the molecule is Cc1ccc(C2CC(C(=O)N(CCC(=O)O)Cc3cccnc3)NN2)s1. The van der Waals surface area contributed by atoms with Gasteiger partial charge in [-0.15, -0.1) is 11.3 Å². The molecule has 0 aliphatic carbocycles. The number of amides is 1. The number of aliphatic carboxylic acids is 1. The maximum atomic E-state index is 13.0. The van der Waals surface area contributed by atoms with Gasteiger partial charge in [0.2, 0.25) is 5.91 Å². The molecule has 0 spiro atoms. The van der Waals surface area contributed by atoms with Crippen LogP contribution in [0, 0.1) is 6.92 Å². The number of hydrazine groups is 1. The Labute approximate surface area is 156 Å². The van der Waals surface area contributed by atoms with Gasteiger partial charge in [0.15, 0.2) is 0 Å². The highest BCUT2D eigenvalue weighted by Gasteiger charge is 2.33. The Morgan fingerprint density at radius 3 is 2.85 bits per heavy atom. The van der Waals surface area contributed by atoms with E-state index in [4.69, 9.17) is 5.11 Å². The normalized spacial score (nSPS) is 19.4. The Hall–Kier alpha value is -2.29. The zero-order chi connectivity index (χ0) is 18.5. The fraction of sp³-hybridized carbons (Fsp3) is 0.389. The minimum atomic E-state index is -0.918. The van der Waals surface area contributed by atoms with E-state index in [1.54, 1.807) is 34.7 Å². The van der Waals surface area contributed by atoms with Crippen molar-refractivity contribution < 1.29 is 14.7 Å². The van der Waals surface area contributed by atoms with Crippen LogP contribution in [-0.2, 0) is 16.1 Å². The second-order valence-electron chi connectivity index (χ2n) is 6.34. The van der Waals surface area contributed by atoms with E-state index < -0.39 is 5.97 Å². The molecule has 0 aromatic carbocycles. The molecule has 26 heavy (non-hydrogen) atoms. The highest BCUT2D eigenvalue weighted by molar-refractivity contribution is 7.12. The van der Waals surface area contributed by atoms with Crippen LogP contribution in [0.4, 0.5) is 0 Å². The van der Waals surface area contributed by atoms with Crippen molar-refractivity contribution in [3.05, 3.63) is 52.0 Å². The highest BCUT2D eigenvalue weighted by Crippen LogP contribution is 2.29. The number of rotatable bonds is 7. The molecule has 3 rings (SSSR count). The molecule has 2 atom stereocenters. The van der Waals surface area contributed by atoms with Crippen molar-refractivity contribution in [2.45, 2.75) is 38.4 Å². The minimum Gasteiger partial charge on any atom is -0.481 e. The molecule has 0 bridgehead atoms. The third kappa shape index (κ3) is 4.66. The van der Waals surface area contributed by atoms with Crippen molar-refractivity contribution in [2.24, 2.45) is 0 Å². The van der Waals surface area contributed by atoms with Gasteiger partial charge in [-0.3, -0.25) is 14.6 Å². The first-order chi connectivity index (χ1) is 12.5. The number of hydrogen-bond donors (Lipinski definition) is 3. The summed E-state index contributed by atoms with van der Waals surface area (Å²) in [5.74, 6) is -1.02. The van der Waals surface area contributed by atoms with E-state index >= 15 is 0 Å². The largest absolute Gasteiger partial charge is 0.481 e. The summed E-state index contributed by atoms with van der Waals surface area (Å²) < 4.78 is 0. The second-order valence-corrected chi connectivity index (χ2v) is 7.66. The Kier molecular flexibility index (Phi) is 5.97. The lowest BCUT2D eigenvalue weighted by atomic mass is 10.1. The van der Waals surface area contributed by atoms with Crippen LogP contribution < -0.4 is 10.9 Å². The molecule has 1 aliphatic rings. The predicted octanol–water partition coefficient (Wildman–Crippen LogP) is 1.86. The molecular formula is C18H22N4O3S. The summed E-state index contributed by atoms with van der Waals surface area (Å²) in [5, 5.41) is 8.99. The number of pyridine rings is 1. The Morgan fingerprint density at radius 1 is 1.35 bits per heavy atom. The van der Waals surface area contributed by atoms with Gasteiger partial charge in [0.25, 0.3) is 0 Å². The summed E-state index contributed by atoms with van der Waals surface area (Å²) in [4.78, 5) is 32.0. The van der Waals surface area contributed by atoms with Crippen LogP contribution in [-0.4, -0.2) is 39.5 Å². The fourth-order valence-corrected chi connectivity index (χ4v) is 3.92. The molecule has 0 saturated carbocycles. The van der Waals surface area contributed by atoms with Crippen LogP contribution in [0.5, 0.6) is 0 Å². The molecule has 1 amide bonds. The monoisotopic (exact) mass is 374 g/mol. The standard InChI is InChI=1S/C18H22N4O3S/c1-12-4-5-16(26-12)14-9-15(21-20-14)18(25)22(8-6-17(23)24)11-13-3-2-7-19-10-13/h2-5,7,10,14-15,20-21H,6,8-9,11H2,1H3,(H,23,24). The van der Waals surface area contributed by atoms with Crippen molar-refractivity contribution in [1.29, 1.82) is 0 Å². The van der Waals surface area contributed by atoms with Gasteiger partial charge >= 0.3 is 5.97 Å². The number of aromatic nitrogens is 1. The molecule has 2 unspecified atom stereocenters. The molecule has 1 fully saturated rings. The van der Waals surface area contributed by atoms with Crippen molar-refractivity contribution >= 4 is 23.2 Å². The number of carboxylic acids is 1. The number of nitrogens with zero attached hydrogens (tertiary/aromatic N) is 2. The zero-order valence-electron chi connectivity index (χ0n) is 14.5. The van der Waals surface area contributed by atoms with Gasteiger partial charge in [0, 0.05) is 35.2 Å². The van der Waals surface area contributed by atoms with Gasteiger partial charge in [0.05, 0.1) is 12.5 Å². The van der Waals surface area contributed by atoms with E-state index in [9.17, 15) is 9.59 Å². The maximum absolute atomic E-state index is 13.0. The average Bonchev–Trinajstić information content (AvgIpc) is 3.27. The first kappa shape index (κ1) is 18.5. The molecule has 3 heterocycles. The third-order valence-corrected chi connectivity index (χ3v) is 5.42. The fourth-order valence-electron chi connectivity index (χ4n) is 2.98. The molecule has 7 nitrogen and oxygen atoms in total. The van der Waals surface area contributed by atoms with Crippen molar-refractivity contribution in [3.8, 4) is 0 Å². The van der Waals surface area contributed by atoms with Crippen LogP contribution in [0.15, 0.2) is 36.7 Å². The van der Waals surface area contributed by atoms with Gasteiger partial charge in [0.1, 0.15) is 6.04 Å². The van der Waals surface area contributed by atoms with Crippen molar-refractivity contribution in [3.63, 3.8) is 0 Å². The quantitative estimate of drug-likeness (QED) is 0.685. The summed E-state index contributed by atoms with van der Waals surface area (Å²) in [6, 6.07) is 7.53. The van der Waals surface area contributed by atoms with E-state index in [1.165, 1.54) is 9.75 Å².